The van der Waals surface area contributed by atoms with E-state index in [-0.39, 0.29) is 32.7 Å². The van der Waals surface area contributed by atoms with Crippen molar-refractivity contribution in [2.75, 3.05) is 40.1 Å². The van der Waals surface area contributed by atoms with Crippen molar-refractivity contribution in [3.05, 3.63) is 0 Å². The lowest BCUT2D eigenvalue weighted by molar-refractivity contribution is -0.165. The van der Waals surface area contributed by atoms with E-state index in [9.17, 15) is 26.0 Å². The van der Waals surface area contributed by atoms with Crippen molar-refractivity contribution >= 4 is 10.1 Å². The number of ether oxygens (including phenoxy) is 3. The van der Waals surface area contributed by atoms with Crippen molar-refractivity contribution in [2.45, 2.75) is 30.4 Å². The number of halogens is 4. The lowest BCUT2D eigenvalue weighted by Gasteiger charge is -2.23. The number of methoxy groups -OCH3 is 1. The van der Waals surface area contributed by atoms with E-state index in [2.05, 4.69) is 0 Å². The Morgan fingerprint density at radius 3 is 1.91 bits per heavy atom. The molecule has 0 aromatic carbocycles. The van der Waals surface area contributed by atoms with E-state index in [0.29, 0.717) is 13.2 Å². The molecule has 0 atom stereocenters. The smallest absolute Gasteiger partial charge is 0.382 e. The Balaban J connectivity index is 3.83. The van der Waals surface area contributed by atoms with E-state index in [1.807, 2.05) is 0 Å². The number of hydrogen-bond donors (Lipinski definition) is 1. The summed E-state index contributed by atoms with van der Waals surface area (Å²) in [5.74, 6) is -4.84. The molecule has 1 N–H and O–H groups in total. The minimum absolute atomic E-state index is 0.0369. The van der Waals surface area contributed by atoms with Gasteiger partial charge in [-0.15, -0.1) is 0 Å². The summed E-state index contributed by atoms with van der Waals surface area (Å²) < 4.78 is 95.3. The van der Waals surface area contributed by atoms with Crippen LogP contribution in [0, 0.1) is 0 Å². The molecule has 0 aliphatic rings. The van der Waals surface area contributed by atoms with Crippen molar-refractivity contribution in [3.8, 4) is 0 Å². The van der Waals surface area contributed by atoms with Crippen molar-refractivity contribution in [3.63, 3.8) is 0 Å². The Morgan fingerprint density at radius 1 is 0.909 bits per heavy atom. The SMILES string of the molecule is COCCOCCOCCCCC(F)(F)C(F)(F)S(=O)(=O)O. The first kappa shape index (κ1) is 21.5. The van der Waals surface area contributed by atoms with Gasteiger partial charge in [-0.3, -0.25) is 4.55 Å². The second-order valence-corrected chi connectivity index (χ2v) is 5.83. The standard InChI is InChI=1S/C11H20F4O6S/c1-19-6-7-21-9-8-20-5-3-2-4-10(12,13)11(14,15)22(16,17)18/h2-9H2,1H3,(H,16,17,18). The van der Waals surface area contributed by atoms with Crippen LogP contribution in [-0.2, 0) is 24.3 Å². The van der Waals surface area contributed by atoms with Crippen LogP contribution in [0.2, 0.25) is 0 Å². The van der Waals surface area contributed by atoms with E-state index in [1.165, 1.54) is 7.11 Å². The molecule has 0 aliphatic heterocycles. The van der Waals surface area contributed by atoms with Gasteiger partial charge in [-0.1, -0.05) is 0 Å². The van der Waals surface area contributed by atoms with Crippen LogP contribution < -0.4 is 0 Å². The van der Waals surface area contributed by atoms with Crippen molar-refractivity contribution in [1.29, 1.82) is 0 Å². The molecule has 0 spiro atoms. The fraction of sp³-hybridized carbons (Fsp3) is 1.00. The lowest BCUT2D eigenvalue weighted by atomic mass is 10.1. The van der Waals surface area contributed by atoms with Crippen LogP contribution in [0.3, 0.4) is 0 Å². The third kappa shape index (κ3) is 7.18. The molecule has 0 aromatic rings. The number of unbranched alkanes of at least 4 members (excludes halogenated alkanes) is 1. The van der Waals surface area contributed by atoms with Crippen molar-refractivity contribution in [2.24, 2.45) is 0 Å². The maximum atomic E-state index is 13.1. The van der Waals surface area contributed by atoms with Gasteiger partial charge in [0.1, 0.15) is 0 Å². The van der Waals surface area contributed by atoms with Crippen LogP contribution in [-0.4, -0.2) is 64.3 Å². The van der Waals surface area contributed by atoms with E-state index in [0.717, 1.165) is 0 Å². The van der Waals surface area contributed by atoms with Gasteiger partial charge in [0.15, 0.2) is 0 Å². The van der Waals surface area contributed by atoms with E-state index >= 15 is 0 Å². The number of alkyl halides is 4. The number of rotatable bonds is 13. The maximum Gasteiger partial charge on any atom is 0.431 e. The predicted octanol–water partition coefficient (Wildman–Crippen LogP) is 1.95. The summed E-state index contributed by atoms with van der Waals surface area (Å²) in [5, 5.41) is -5.50. The highest BCUT2D eigenvalue weighted by Crippen LogP contribution is 2.41. The van der Waals surface area contributed by atoms with Crippen LogP contribution in [0.4, 0.5) is 17.6 Å². The Bertz CT molecular complexity index is 401. The molecule has 0 unspecified atom stereocenters. The molecule has 6 nitrogen and oxygen atoms in total. The summed E-state index contributed by atoms with van der Waals surface area (Å²) in [7, 11) is -4.65. The van der Waals surface area contributed by atoms with Gasteiger partial charge in [0, 0.05) is 20.1 Å². The summed E-state index contributed by atoms with van der Waals surface area (Å²) in [6.45, 7) is 1.34. The first-order valence-corrected chi connectivity index (χ1v) is 7.87. The van der Waals surface area contributed by atoms with Gasteiger partial charge < -0.3 is 14.2 Å². The molecule has 0 radical (unpaired) electrons. The summed E-state index contributed by atoms with van der Waals surface area (Å²) in [4.78, 5) is 0. The zero-order chi connectivity index (χ0) is 17.3. The van der Waals surface area contributed by atoms with Crippen LogP contribution in [0.15, 0.2) is 0 Å². The van der Waals surface area contributed by atoms with Gasteiger partial charge in [-0.2, -0.15) is 26.0 Å². The first-order chi connectivity index (χ1) is 10.1. The molecule has 11 heteroatoms. The van der Waals surface area contributed by atoms with Gasteiger partial charge in [0.25, 0.3) is 0 Å². The fourth-order valence-electron chi connectivity index (χ4n) is 1.35. The summed E-state index contributed by atoms with van der Waals surface area (Å²) in [6.07, 6.45) is -1.73. The maximum absolute atomic E-state index is 13.1. The van der Waals surface area contributed by atoms with Crippen molar-refractivity contribution in [1.82, 2.24) is 0 Å². The molecule has 0 amide bonds. The van der Waals surface area contributed by atoms with E-state index < -0.39 is 27.7 Å². The molecule has 22 heavy (non-hydrogen) atoms. The Kier molecular flexibility index (Phi) is 9.39. The Hall–Kier alpha value is -0.490. The first-order valence-electron chi connectivity index (χ1n) is 6.43. The van der Waals surface area contributed by atoms with Gasteiger partial charge in [-0.05, 0) is 12.8 Å². The average Bonchev–Trinajstić information content (AvgIpc) is 2.39. The summed E-state index contributed by atoms with van der Waals surface area (Å²) in [6, 6.07) is 0. The molecule has 0 fully saturated rings. The molecule has 0 aromatic heterocycles. The second-order valence-electron chi connectivity index (χ2n) is 4.37. The summed E-state index contributed by atoms with van der Waals surface area (Å²) in [5.41, 5.74) is 0. The molecule has 0 saturated carbocycles. The summed E-state index contributed by atoms with van der Waals surface area (Å²) >= 11 is 0. The molecule has 0 bridgehead atoms. The highest BCUT2D eigenvalue weighted by Gasteiger charge is 2.64. The Morgan fingerprint density at radius 2 is 1.41 bits per heavy atom. The van der Waals surface area contributed by atoms with Gasteiger partial charge in [0.2, 0.25) is 0 Å². The minimum Gasteiger partial charge on any atom is -0.382 e. The normalized spacial score (nSPS) is 13.5. The van der Waals surface area contributed by atoms with Crippen molar-refractivity contribution < 1.29 is 44.7 Å². The van der Waals surface area contributed by atoms with E-state index in [4.69, 9.17) is 18.8 Å². The van der Waals surface area contributed by atoms with Gasteiger partial charge >= 0.3 is 21.3 Å². The largest absolute Gasteiger partial charge is 0.431 e. The number of hydrogen-bond acceptors (Lipinski definition) is 5. The monoisotopic (exact) mass is 356 g/mol. The van der Waals surface area contributed by atoms with Crippen LogP contribution in [0.1, 0.15) is 19.3 Å². The van der Waals surface area contributed by atoms with Crippen LogP contribution in [0.5, 0.6) is 0 Å². The minimum atomic E-state index is -6.16. The van der Waals surface area contributed by atoms with Crippen LogP contribution in [0.25, 0.3) is 0 Å². The third-order valence-electron chi connectivity index (χ3n) is 2.58. The highest BCUT2D eigenvalue weighted by molar-refractivity contribution is 7.87. The lowest BCUT2D eigenvalue weighted by Crippen LogP contribution is -2.46. The average molecular weight is 356 g/mol. The quantitative estimate of drug-likeness (QED) is 0.309. The molecular weight excluding hydrogens is 336 g/mol. The molecule has 0 heterocycles. The topological polar surface area (TPSA) is 82.1 Å². The molecular formula is C11H20F4O6S. The highest BCUT2D eigenvalue weighted by atomic mass is 32.2. The molecule has 0 aliphatic carbocycles. The fourth-order valence-corrected chi connectivity index (χ4v) is 1.83. The second kappa shape index (κ2) is 9.60. The van der Waals surface area contributed by atoms with Crippen LogP contribution >= 0.6 is 0 Å². The zero-order valence-corrected chi connectivity index (χ0v) is 12.9. The molecule has 0 saturated heterocycles. The van der Waals surface area contributed by atoms with E-state index in [1.54, 1.807) is 0 Å². The zero-order valence-electron chi connectivity index (χ0n) is 12.1. The van der Waals surface area contributed by atoms with Gasteiger partial charge in [-0.25, -0.2) is 0 Å². The predicted molar refractivity (Wildman–Crippen MR) is 68.8 cm³/mol. The third-order valence-corrected chi connectivity index (χ3v) is 3.53. The van der Waals surface area contributed by atoms with Gasteiger partial charge in [0.05, 0.1) is 26.4 Å². The molecule has 0 rings (SSSR count). The molecule has 134 valence electrons. The Labute approximate surface area is 126 Å².